The molecule has 21 heavy (non-hydrogen) atoms. The van der Waals surface area contributed by atoms with Crippen molar-refractivity contribution in [3.8, 4) is 0 Å². The van der Waals surface area contributed by atoms with E-state index >= 15 is 0 Å². The minimum absolute atomic E-state index is 0. The second kappa shape index (κ2) is 8.16. The van der Waals surface area contributed by atoms with Crippen LogP contribution < -0.4 is 5.32 Å². The molecular weight excluding hydrogens is 284 g/mol. The Kier molecular flexibility index (Phi) is 6.52. The van der Waals surface area contributed by atoms with Crippen molar-refractivity contribution in [3.63, 3.8) is 0 Å². The molecule has 3 heterocycles. The van der Waals surface area contributed by atoms with Gasteiger partial charge in [-0.3, -0.25) is 4.68 Å². The Balaban J connectivity index is 0.00000161. The normalized spacial score (nSPS) is 22.1. The molecule has 1 N–H and O–H groups in total. The first kappa shape index (κ1) is 16.8. The highest BCUT2D eigenvalue weighted by atomic mass is 35.5. The summed E-state index contributed by atoms with van der Waals surface area (Å²) < 4.78 is 2.13. The Morgan fingerprint density at radius 3 is 2.38 bits per heavy atom. The fourth-order valence-corrected chi connectivity index (χ4v) is 3.61. The third kappa shape index (κ3) is 4.97. The second-order valence-electron chi connectivity index (χ2n) is 6.68. The van der Waals surface area contributed by atoms with E-state index in [1.165, 1.54) is 64.0 Å². The van der Waals surface area contributed by atoms with Crippen LogP contribution in [0.3, 0.4) is 0 Å². The molecular formula is C16H29ClN4. The van der Waals surface area contributed by atoms with E-state index in [2.05, 4.69) is 33.1 Å². The van der Waals surface area contributed by atoms with Gasteiger partial charge in [0, 0.05) is 19.3 Å². The third-order valence-electron chi connectivity index (χ3n) is 4.89. The van der Waals surface area contributed by atoms with E-state index in [0.717, 1.165) is 18.4 Å². The van der Waals surface area contributed by atoms with Gasteiger partial charge in [-0.2, -0.15) is 5.10 Å². The summed E-state index contributed by atoms with van der Waals surface area (Å²) in [5.74, 6) is 1.75. The van der Waals surface area contributed by atoms with E-state index in [9.17, 15) is 0 Å². The van der Waals surface area contributed by atoms with Crippen LogP contribution in [0.4, 0.5) is 0 Å². The summed E-state index contributed by atoms with van der Waals surface area (Å²) in [6.45, 7) is 9.57. The molecule has 120 valence electrons. The Labute approximate surface area is 134 Å². The van der Waals surface area contributed by atoms with Crippen LogP contribution in [0.1, 0.15) is 31.2 Å². The van der Waals surface area contributed by atoms with Crippen molar-refractivity contribution >= 4 is 12.4 Å². The first-order chi connectivity index (χ1) is 9.79. The number of hydrogen-bond acceptors (Lipinski definition) is 3. The number of likely N-dealkylation sites (tertiary alicyclic amines) is 1. The highest BCUT2D eigenvalue weighted by Crippen LogP contribution is 2.22. The minimum Gasteiger partial charge on any atom is -0.317 e. The van der Waals surface area contributed by atoms with E-state index in [-0.39, 0.29) is 12.4 Å². The molecule has 0 aliphatic carbocycles. The largest absolute Gasteiger partial charge is 0.317 e. The summed E-state index contributed by atoms with van der Waals surface area (Å²) in [6.07, 6.45) is 9.54. The van der Waals surface area contributed by atoms with Crippen LogP contribution in [-0.4, -0.2) is 47.4 Å². The van der Waals surface area contributed by atoms with Gasteiger partial charge < -0.3 is 10.2 Å². The van der Waals surface area contributed by atoms with Gasteiger partial charge in [-0.15, -0.1) is 12.4 Å². The Hall–Kier alpha value is -0.580. The average Bonchev–Trinajstić information content (AvgIpc) is 2.88. The number of nitrogens with zero attached hydrogens (tertiary/aromatic N) is 3. The van der Waals surface area contributed by atoms with Crippen molar-refractivity contribution in [2.45, 2.75) is 39.2 Å². The maximum atomic E-state index is 4.42. The summed E-state index contributed by atoms with van der Waals surface area (Å²) in [7, 11) is 0. The SMILES string of the molecule is Cc1cnn(CC2CCN(CC3CCNCC3)CC2)c1.Cl. The number of rotatable bonds is 4. The summed E-state index contributed by atoms with van der Waals surface area (Å²) in [5.41, 5.74) is 1.27. The van der Waals surface area contributed by atoms with E-state index in [4.69, 9.17) is 0 Å². The lowest BCUT2D eigenvalue weighted by atomic mass is 9.93. The summed E-state index contributed by atoms with van der Waals surface area (Å²) in [5, 5.41) is 7.88. The van der Waals surface area contributed by atoms with Crippen LogP contribution >= 0.6 is 12.4 Å². The zero-order valence-electron chi connectivity index (χ0n) is 13.1. The highest BCUT2D eigenvalue weighted by molar-refractivity contribution is 5.85. The van der Waals surface area contributed by atoms with E-state index in [1.807, 2.05) is 6.20 Å². The molecule has 2 aliphatic heterocycles. The molecule has 1 aromatic rings. The van der Waals surface area contributed by atoms with Crippen LogP contribution in [0.15, 0.2) is 12.4 Å². The van der Waals surface area contributed by atoms with Gasteiger partial charge in [0.2, 0.25) is 0 Å². The molecule has 3 rings (SSSR count). The van der Waals surface area contributed by atoms with Gasteiger partial charge in [-0.05, 0) is 76.2 Å². The molecule has 0 atom stereocenters. The zero-order valence-corrected chi connectivity index (χ0v) is 13.9. The molecule has 5 heteroatoms. The molecule has 0 aromatic carbocycles. The molecule has 1 aromatic heterocycles. The topological polar surface area (TPSA) is 33.1 Å². The first-order valence-corrected chi connectivity index (χ1v) is 8.22. The van der Waals surface area contributed by atoms with E-state index in [0.29, 0.717) is 0 Å². The summed E-state index contributed by atoms with van der Waals surface area (Å²) >= 11 is 0. The average molecular weight is 313 g/mol. The lowest BCUT2D eigenvalue weighted by Gasteiger charge is -2.35. The molecule has 2 saturated heterocycles. The number of nitrogens with one attached hydrogen (secondary N) is 1. The Bertz CT molecular complexity index is 406. The monoisotopic (exact) mass is 312 g/mol. The number of hydrogen-bond donors (Lipinski definition) is 1. The predicted octanol–water partition coefficient (Wildman–Crippen LogP) is 2.32. The number of piperidine rings is 2. The van der Waals surface area contributed by atoms with Gasteiger partial charge in [0.1, 0.15) is 0 Å². The minimum atomic E-state index is 0. The van der Waals surface area contributed by atoms with Gasteiger partial charge >= 0.3 is 0 Å². The maximum absolute atomic E-state index is 4.42. The van der Waals surface area contributed by atoms with Crippen LogP contribution in [0.25, 0.3) is 0 Å². The lowest BCUT2D eigenvalue weighted by Crippen LogP contribution is -2.40. The summed E-state index contributed by atoms with van der Waals surface area (Å²) in [4.78, 5) is 2.70. The van der Waals surface area contributed by atoms with Crippen LogP contribution in [0.2, 0.25) is 0 Å². The molecule has 4 nitrogen and oxygen atoms in total. The van der Waals surface area contributed by atoms with Gasteiger partial charge in [-0.1, -0.05) is 0 Å². The maximum Gasteiger partial charge on any atom is 0.0518 e. The van der Waals surface area contributed by atoms with Gasteiger partial charge in [0.25, 0.3) is 0 Å². The van der Waals surface area contributed by atoms with Crippen molar-refractivity contribution in [1.29, 1.82) is 0 Å². The zero-order chi connectivity index (χ0) is 13.8. The van der Waals surface area contributed by atoms with E-state index < -0.39 is 0 Å². The van der Waals surface area contributed by atoms with Crippen molar-refractivity contribution in [1.82, 2.24) is 20.0 Å². The molecule has 2 fully saturated rings. The molecule has 0 bridgehead atoms. The molecule has 0 amide bonds. The molecule has 0 radical (unpaired) electrons. The number of halogens is 1. The van der Waals surface area contributed by atoms with Gasteiger partial charge in [-0.25, -0.2) is 0 Å². The summed E-state index contributed by atoms with van der Waals surface area (Å²) in [6, 6.07) is 0. The van der Waals surface area contributed by atoms with Crippen LogP contribution in [0.5, 0.6) is 0 Å². The Morgan fingerprint density at radius 1 is 1.10 bits per heavy atom. The molecule has 0 saturated carbocycles. The van der Waals surface area contributed by atoms with Crippen LogP contribution in [-0.2, 0) is 6.54 Å². The fraction of sp³-hybridized carbons (Fsp3) is 0.812. The second-order valence-corrected chi connectivity index (χ2v) is 6.68. The van der Waals surface area contributed by atoms with Crippen molar-refractivity contribution < 1.29 is 0 Å². The smallest absolute Gasteiger partial charge is 0.0518 e. The fourth-order valence-electron chi connectivity index (χ4n) is 3.61. The number of aromatic nitrogens is 2. The molecule has 2 aliphatic rings. The van der Waals surface area contributed by atoms with E-state index in [1.54, 1.807) is 0 Å². The first-order valence-electron chi connectivity index (χ1n) is 8.22. The molecule has 0 unspecified atom stereocenters. The lowest BCUT2D eigenvalue weighted by molar-refractivity contribution is 0.140. The van der Waals surface area contributed by atoms with Crippen molar-refractivity contribution in [3.05, 3.63) is 18.0 Å². The standard InChI is InChI=1S/C16H28N4.ClH/c1-14-10-18-20(11-14)13-16-4-8-19(9-5-16)12-15-2-6-17-7-3-15;/h10-11,15-17H,2-9,12-13H2,1H3;1H. The third-order valence-corrected chi connectivity index (χ3v) is 4.89. The van der Waals surface area contributed by atoms with Crippen molar-refractivity contribution in [2.75, 3.05) is 32.7 Å². The predicted molar refractivity (Wildman–Crippen MR) is 89.0 cm³/mol. The van der Waals surface area contributed by atoms with Gasteiger partial charge in [0.15, 0.2) is 0 Å². The quantitative estimate of drug-likeness (QED) is 0.926. The van der Waals surface area contributed by atoms with Crippen LogP contribution in [0, 0.1) is 18.8 Å². The Morgan fingerprint density at radius 2 is 1.76 bits per heavy atom. The van der Waals surface area contributed by atoms with Gasteiger partial charge in [0.05, 0.1) is 6.20 Å². The highest BCUT2D eigenvalue weighted by Gasteiger charge is 2.22. The van der Waals surface area contributed by atoms with Crippen molar-refractivity contribution in [2.24, 2.45) is 11.8 Å². The molecule has 0 spiro atoms. The number of aryl methyl sites for hydroxylation is 1.